The van der Waals surface area contributed by atoms with Crippen LogP contribution in [-0.4, -0.2) is 28.9 Å². The fraction of sp³-hybridized carbons (Fsp3) is 0.417. The van der Waals surface area contributed by atoms with Crippen molar-refractivity contribution >= 4 is 29.1 Å². The number of halogens is 1. The van der Waals surface area contributed by atoms with Crippen LogP contribution in [0.2, 0.25) is 5.02 Å². The second kappa shape index (κ2) is 9.09. The first-order valence-corrected chi connectivity index (χ1v) is 11.1. The van der Waals surface area contributed by atoms with E-state index in [1.165, 1.54) is 6.42 Å². The van der Waals surface area contributed by atoms with Gasteiger partial charge in [0.15, 0.2) is 6.10 Å². The summed E-state index contributed by atoms with van der Waals surface area (Å²) in [5.74, 6) is 0.522. The molecule has 30 heavy (non-hydrogen) atoms. The van der Waals surface area contributed by atoms with E-state index in [0.29, 0.717) is 35.0 Å². The molecule has 0 radical (unpaired) electrons. The van der Waals surface area contributed by atoms with Crippen LogP contribution in [0.3, 0.4) is 0 Å². The molecule has 158 valence electrons. The normalized spacial score (nSPS) is 19.6. The van der Waals surface area contributed by atoms with Gasteiger partial charge in [-0.05, 0) is 49.6 Å². The number of nitrogens with zero attached hydrogens (tertiary/aromatic N) is 1. The molecular weight excluding hydrogens is 400 g/mol. The van der Waals surface area contributed by atoms with E-state index in [9.17, 15) is 9.59 Å². The van der Waals surface area contributed by atoms with Crippen LogP contribution in [0.15, 0.2) is 42.5 Å². The van der Waals surface area contributed by atoms with Crippen LogP contribution in [0.4, 0.5) is 5.69 Å². The highest BCUT2D eigenvalue weighted by Gasteiger charge is 2.34. The van der Waals surface area contributed by atoms with E-state index in [4.69, 9.17) is 16.3 Å². The van der Waals surface area contributed by atoms with Crippen molar-refractivity contribution in [2.45, 2.75) is 64.1 Å². The molecule has 0 saturated heterocycles. The number of carbonyl (C=O) groups excluding carboxylic acids is 2. The minimum atomic E-state index is -0.461. The van der Waals surface area contributed by atoms with Gasteiger partial charge < -0.3 is 15.0 Å². The summed E-state index contributed by atoms with van der Waals surface area (Å²) in [6.07, 6.45) is 5.81. The zero-order chi connectivity index (χ0) is 21.1. The number of nitrogens with one attached hydrogen (secondary N) is 1. The number of benzene rings is 2. The lowest BCUT2D eigenvalue weighted by Gasteiger charge is -2.34. The smallest absolute Gasteiger partial charge is 0.264 e. The van der Waals surface area contributed by atoms with E-state index in [2.05, 4.69) is 5.32 Å². The van der Waals surface area contributed by atoms with Crippen LogP contribution in [-0.2, 0) is 11.3 Å². The molecule has 2 aliphatic rings. The predicted molar refractivity (Wildman–Crippen MR) is 118 cm³/mol. The maximum absolute atomic E-state index is 13.1. The third-order valence-electron chi connectivity index (χ3n) is 5.99. The number of anilines is 1. The first-order valence-electron chi connectivity index (χ1n) is 10.7. The molecule has 0 spiro atoms. The highest BCUT2D eigenvalue weighted by atomic mass is 35.5. The minimum absolute atomic E-state index is 0.0715. The van der Waals surface area contributed by atoms with Crippen molar-refractivity contribution in [1.82, 2.24) is 4.90 Å². The molecule has 1 N–H and O–H groups in total. The van der Waals surface area contributed by atoms with Gasteiger partial charge in [-0.1, -0.05) is 49.9 Å². The van der Waals surface area contributed by atoms with E-state index in [-0.39, 0.29) is 17.9 Å². The van der Waals surface area contributed by atoms with Crippen LogP contribution in [0.25, 0.3) is 0 Å². The highest BCUT2D eigenvalue weighted by Crippen LogP contribution is 2.33. The van der Waals surface area contributed by atoms with Gasteiger partial charge in [-0.3, -0.25) is 9.59 Å². The second-order valence-corrected chi connectivity index (χ2v) is 8.44. The summed E-state index contributed by atoms with van der Waals surface area (Å²) in [6.45, 7) is 2.48. The van der Waals surface area contributed by atoms with Crippen LogP contribution < -0.4 is 10.1 Å². The Balaban J connectivity index is 1.60. The maximum Gasteiger partial charge on any atom is 0.264 e. The van der Waals surface area contributed by atoms with Gasteiger partial charge in [-0.2, -0.15) is 0 Å². The molecule has 1 atom stereocenters. The largest absolute Gasteiger partial charge is 0.480 e. The van der Waals surface area contributed by atoms with Crippen LogP contribution in [0.5, 0.6) is 5.75 Å². The van der Waals surface area contributed by atoms with Gasteiger partial charge in [0.2, 0.25) is 0 Å². The van der Waals surface area contributed by atoms with E-state index in [1.54, 1.807) is 30.3 Å². The van der Waals surface area contributed by atoms with Gasteiger partial charge in [0.05, 0.1) is 10.6 Å². The van der Waals surface area contributed by atoms with Gasteiger partial charge >= 0.3 is 0 Å². The van der Waals surface area contributed by atoms with Gasteiger partial charge in [-0.15, -0.1) is 0 Å². The lowest BCUT2D eigenvalue weighted by molar-refractivity contribution is -0.141. The Morgan fingerprint density at radius 2 is 1.93 bits per heavy atom. The molecule has 5 nitrogen and oxygen atoms in total. The molecule has 1 fully saturated rings. The molecule has 1 aliphatic carbocycles. The first kappa shape index (κ1) is 20.7. The van der Waals surface area contributed by atoms with Gasteiger partial charge in [0.25, 0.3) is 11.8 Å². The Kier molecular flexibility index (Phi) is 6.28. The topological polar surface area (TPSA) is 58.6 Å². The first-order chi connectivity index (χ1) is 14.6. The number of ether oxygens (including phenoxy) is 1. The zero-order valence-electron chi connectivity index (χ0n) is 17.2. The Hall–Kier alpha value is -2.53. The van der Waals surface area contributed by atoms with Gasteiger partial charge in [-0.25, -0.2) is 0 Å². The molecule has 1 saturated carbocycles. The summed E-state index contributed by atoms with van der Waals surface area (Å²) in [5.41, 5.74) is 2.01. The molecule has 0 aromatic heterocycles. The molecule has 2 aromatic carbocycles. The molecule has 4 rings (SSSR count). The Morgan fingerprint density at radius 1 is 1.17 bits per heavy atom. The van der Waals surface area contributed by atoms with Crippen LogP contribution in [0, 0.1) is 0 Å². The summed E-state index contributed by atoms with van der Waals surface area (Å²) >= 11 is 6.15. The molecule has 1 aliphatic heterocycles. The predicted octanol–water partition coefficient (Wildman–Crippen LogP) is 5.42. The molecule has 1 heterocycles. The van der Waals surface area contributed by atoms with Crippen molar-refractivity contribution in [2.75, 3.05) is 5.32 Å². The summed E-state index contributed by atoms with van der Waals surface area (Å²) in [7, 11) is 0. The minimum Gasteiger partial charge on any atom is -0.480 e. The average molecular weight is 427 g/mol. The summed E-state index contributed by atoms with van der Waals surface area (Å²) in [4.78, 5) is 27.8. The zero-order valence-corrected chi connectivity index (χ0v) is 18.0. The second-order valence-electron chi connectivity index (χ2n) is 8.03. The molecule has 0 bridgehead atoms. The number of fused-ring (bicyclic) bond motifs is 1. The standard InChI is InChI=1S/C24H27ClN2O3/c1-2-21-24(29)27(18-8-4-3-5-9-18)15-16-14-17(12-13-22(16)30-21)26-23(28)19-10-6-7-11-20(19)25/h6-7,10-14,18,21H,2-5,8-9,15H2,1H3,(H,26,28)/t21-/m0/s1. The number of rotatable bonds is 4. The summed E-state index contributed by atoms with van der Waals surface area (Å²) < 4.78 is 6.08. The molecule has 2 amide bonds. The van der Waals surface area contributed by atoms with E-state index < -0.39 is 6.10 Å². The SMILES string of the molecule is CC[C@@H]1Oc2ccc(NC(=O)c3ccccc3Cl)cc2CN(C2CCCCC2)C1=O. The maximum atomic E-state index is 13.1. The lowest BCUT2D eigenvalue weighted by atomic mass is 9.93. The van der Waals surface area contributed by atoms with E-state index >= 15 is 0 Å². The Bertz CT molecular complexity index is 940. The van der Waals surface area contributed by atoms with Gasteiger partial charge in [0.1, 0.15) is 5.75 Å². The third kappa shape index (κ3) is 4.31. The van der Waals surface area contributed by atoms with E-state index in [1.807, 2.05) is 24.0 Å². The number of hydrogen-bond donors (Lipinski definition) is 1. The van der Waals surface area contributed by atoms with Crippen LogP contribution in [0.1, 0.15) is 61.4 Å². The average Bonchev–Trinajstić information content (AvgIpc) is 2.90. The monoisotopic (exact) mass is 426 g/mol. The van der Waals surface area contributed by atoms with Crippen LogP contribution >= 0.6 is 11.6 Å². The fourth-order valence-electron chi connectivity index (χ4n) is 4.35. The number of carbonyl (C=O) groups is 2. The van der Waals surface area contributed by atoms with Crippen molar-refractivity contribution in [3.05, 3.63) is 58.6 Å². The number of amides is 2. The molecular formula is C24H27ClN2O3. The highest BCUT2D eigenvalue weighted by molar-refractivity contribution is 6.34. The molecule has 6 heteroatoms. The van der Waals surface area contributed by atoms with E-state index in [0.717, 1.165) is 31.2 Å². The molecule has 2 aromatic rings. The summed E-state index contributed by atoms with van der Waals surface area (Å²) in [5, 5.41) is 3.33. The summed E-state index contributed by atoms with van der Waals surface area (Å²) in [6, 6.07) is 12.8. The Morgan fingerprint density at radius 3 is 2.67 bits per heavy atom. The Labute approximate surface area is 182 Å². The number of hydrogen-bond acceptors (Lipinski definition) is 3. The van der Waals surface area contributed by atoms with Gasteiger partial charge in [0, 0.05) is 23.8 Å². The molecule has 0 unspecified atom stereocenters. The van der Waals surface area contributed by atoms with Crippen molar-refractivity contribution in [3.63, 3.8) is 0 Å². The lowest BCUT2D eigenvalue weighted by Crippen LogP contribution is -2.45. The fourth-order valence-corrected chi connectivity index (χ4v) is 4.57. The quantitative estimate of drug-likeness (QED) is 0.709. The third-order valence-corrected chi connectivity index (χ3v) is 6.32. The van der Waals surface area contributed by atoms with Crippen molar-refractivity contribution in [1.29, 1.82) is 0 Å². The van der Waals surface area contributed by atoms with Crippen molar-refractivity contribution < 1.29 is 14.3 Å². The van der Waals surface area contributed by atoms with Crippen molar-refractivity contribution in [2.24, 2.45) is 0 Å². The van der Waals surface area contributed by atoms with Crippen molar-refractivity contribution in [3.8, 4) is 5.75 Å².